The summed E-state index contributed by atoms with van der Waals surface area (Å²) >= 11 is 3.72. The van der Waals surface area contributed by atoms with E-state index in [1.54, 1.807) is 0 Å². The number of nitrogens with one attached hydrogen (secondary N) is 1. The number of rotatable bonds is 2. The van der Waals surface area contributed by atoms with Crippen LogP contribution in [0.4, 0.5) is 5.69 Å². The van der Waals surface area contributed by atoms with E-state index in [0.717, 1.165) is 22.7 Å². The highest BCUT2D eigenvalue weighted by Crippen LogP contribution is 2.47. The molecule has 3 nitrogen and oxygen atoms in total. The van der Waals surface area contributed by atoms with E-state index in [1.807, 2.05) is 22.7 Å². The van der Waals surface area contributed by atoms with Crippen LogP contribution in [-0.4, -0.2) is 10.5 Å². The number of benzene rings is 8. The van der Waals surface area contributed by atoms with Gasteiger partial charge in [-0.05, 0) is 68.6 Å². The smallest absolute Gasteiger partial charge is 0.209 e. The van der Waals surface area contributed by atoms with Crippen molar-refractivity contribution >= 4 is 108 Å². The summed E-state index contributed by atoms with van der Waals surface area (Å²) in [6.07, 6.45) is 0. The summed E-state index contributed by atoms with van der Waals surface area (Å²) in [5.74, 6) is 0.843. The van der Waals surface area contributed by atoms with E-state index in [4.69, 9.17) is 4.99 Å². The first-order valence-corrected chi connectivity index (χ1v) is 19.6. The molecule has 0 bridgehead atoms. The van der Waals surface area contributed by atoms with Crippen LogP contribution >= 0.6 is 22.7 Å². The Morgan fingerprint density at radius 3 is 1.96 bits per heavy atom. The molecule has 0 aliphatic carbocycles. The zero-order chi connectivity index (χ0) is 34.6. The van der Waals surface area contributed by atoms with Gasteiger partial charge in [-0.3, -0.25) is 4.57 Å². The molecule has 0 saturated carbocycles. The Morgan fingerprint density at radius 1 is 0.453 bits per heavy atom. The summed E-state index contributed by atoms with van der Waals surface area (Å²) in [7, 11) is 0. The van der Waals surface area contributed by atoms with E-state index >= 15 is 0 Å². The molecule has 1 aliphatic rings. The molecular formula is C48H29N3S2. The molecule has 3 aromatic heterocycles. The van der Waals surface area contributed by atoms with Crippen LogP contribution in [0.5, 0.6) is 0 Å². The highest BCUT2D eigenvalue weighted by Gasteiger charge is 2.30. The van der Waals surface area contributed by atoms with Gasteiger partial charge in [0.05, 0.1) is 27.6 Å². The molecule has 1 N–H and O–H groups in total. The third-order valence-corrected chi connectivity index (χ3v) is 13.4. The van der Waals surface area contributed by atoms with Crippen molar-refractivity contribution in [1.29, 1.82) is 0 Å². The highest BCUT2D eigenvalue weighted by molar-refractivity contribution is 7.26. The SMILES string of the molecule is c1ccc(-c2ccc(C3NC(n4c5ccccc5c5c6ccc7ccc8sc9ccccc9c8c7c6ccc54)=Nc4c3sc3ccccc43)cc2)cc1. The van der Waals surface area contributed by atoms with E-state index in [1.165, 1.54) is 84.1 Å². The molecule has 5 heteroatoms. The first kappa shape index (κ1) is 29.3. The Hall–Kier alpha value is -6.27. The van der Waals surface area contributed by atoms with Gasteiger partial charge in [0.1, 0.15) is 0 Å². The van der Waals surface area contributed by atoms with Gasteiger partial charge < -0.3 is 5.32 Å². The van der Waals surface area contributed by atoms with Gasteiger partial charge in [0, 0.05) is 41.0 Å². The first-order valence-electron chi connectivity index (χ1n) is 18.0. The third-order valence-electron chi connectivity index (χ3n) is 11.1. The molecule has 0 saturated heterocycles. The fourth-order valence-corrected chi connectivity index (χ4v) is 11.0. The van der Waals surface area contributed by atoms with Gasteiger partial charge in [-0.1, -0.05) is 133 Å². The number of thiophene rings is 2. The van der Waals surface area contributed by atoms with Gasteiger partial charge in [-0.25, -0.2) is 4.99 Å². The second kappa shape index (κ2) is 11.1. The second-order valence-electron chi connectivity index (χ2n) is 13.9. The fraction of sp³-hybridized carbons (Fsp3) is 0.0208. The van der Waals surface area contributed by atoms with Crippen molar-refractivity contribution in [3.8, 4) is 11.1 Å². The quantitative estimate of drug-likeness (QED) is 0.178. The average molecular weight is 712 g/mol. The Kier molecular flexibility index (Phi) is 6.15. The van der Waals surface area contributed by atoms with Crippen molar-refractivity contribution in [1.82, 2.24) is 9.88 Å². The normalized spacial score (nSPS) is 14.5. The third kappa shape index (κ3) is 4.23. The molecule has 1 atom stereocenters. The van der Waals surface area contributed by atoms with Crippen molar-refractivity contribution < 1.29 is 0 Å². The fourth-order valence-electron chi connectivity index (χ4n) is 8.68. The zero-order valence-corrected chi connectivity index (χ0v) is 30.0. The first-order chi connectivity index (χ1) is 26.3. The summed E-state index contributed by atoms with van der Waals surface area (Å²) in [5, 5.41) is 15.5. The highest BCUT2D eigenvalue weighted by atomic mass is 32.1. The van der Waals surface area contributed by atoms with Crippen molar-refractivity contribution in [2.24, 2.45) is 4.99 Å². The summed E-state index contributed by atoms with van der Waals surface area (Å²) in [6, 6.07) is 59.8. The molecule has 0 radical (unpaired) electrons. The minimum atomic E-state index is -0.0551. The number of para-hydroxylation sites is 1. The monoisotopic (exact) mass is 711 g/mol. The summed E-state index contributed by atoms with van der Waals surface area (Å²) in [4.78, 5) is 6.74. The molecule has 4 heterocycles. The van der Waals surface area contributed by atoms with E-state index in [-0.39, 0.29) is 6.04 Å². The molecule has 1 aliphatic heterocycles. The van der Waals surface area contributed by atoms with Gasteiger partial charge in [-0.15, -0.1) is 22.7 Å². The van der Waals surface area contributed by atoms with Crippen molar-refractivity contribution in [2.45, 2.75) is 6.04 Å². The Balaban J connectivity index is 1.11. The number of aromatic nitrogens is 1. The number of hydrogen-bond acceptors (Lipinski definition) is 4. The van der Waals surface area contributed by atoms with E-state index in [0.29, 0.717) is 0 Å². The lowest BCUT2D eigenvalue weighted by Gasteiger charge is -2.26. The maximum atomic E-state index is 5.50. The summed E-state index contributed by atoms with van der Waals surface area (Å²) < 4.78 is 6.27. The van der Waals surface area contributed by atoms with Gasteiger partial charge in [0.15, 0.2) is 0 Å². The van der Waals surface area contributed by atoms with Gasteiger partial charge in [0.2, 0.25) is 5.96 Å². The lowest BCUT2D eigenvalue weighted by molar-refractivity contribution is 0.747. The van der Waals surface area contributed by atoms with Crippen LogP contribution < -0.4 is 5.32 Å². The number of nitrogens with zero attached hydrogens (tertiary/aromatic N) is 2. The van der Waals surface area contributed by atoms with Gasteiger partial charge in [0.25, 0.3) is 0 Å². The van der Waals surface area contributed by atoms with Gasteiger partial charge in [-0.2, -0.15) is 0 Å². The van der Waals surface area contributed by atoms with E-state index in [2.05, 4.69) is 174 Å². The molecule has 0 fully saturated rings. The minimum absolute atomic E-state index is 0.0551. The van der Waals surface area contributed by atoms with Crippen LogP contribution in [0, 0.1) is 0 Å². The summed E-state index contributed by atoms with van der Waals surface area (Å²) in [5.41, 5.74) is 6.99. The largest absolute Gasteiger partial charge is 0.343 e. The predicted octanol–water partition coefficient (Wildman–Crippen LogP) is 13.6. The maximum absolute atomic E-state index is 5.50. The van der Waals surface area contributed by atoms with Crippen LogP contribution in [0.3, 0.4) is 0 Å². The van der Waals surface area contributed by atoms with Crippen LogP contribution in [-0.2, 0) is 0 Å². The Labute approximate surface area is 312 Å². The lowest BCUT2D eigenvalue weighted by Crippen LogP contribution is -2.36. The second-order valence-corrected chi connectivity index (χ2v) is 16.1. The van der Waals surface area contributed by atoms with Crippen LogP contribution in [0.15, 0.2) is 169 Å². The average Bonchev–Trinajstić information content (AvgIpc) is 3.90. The van der Waals surface area contributed by atoms with Crippen molar-refractivity contribution in [3.05, 3.63) is 174 Å². The topological polar surface area (TPSA) is 29.3 Å². The maximum Gasteiger partial charge on any atom is 0.209 e. The zero-order valence-electron chi connectivity index (χ0n) is 28.4. The Morgan fingerprint density at radius 2 is 1.11 bits per heavy atom. The van der Waals surface area contributed by atoms with Crippen LogP contribution in [0.1, 0.15) is 16.5 Å². The molecular weight excluding hydrogens is 683 g/mol. The predicted molar refractivity (Wildman–Crippen MR) is 229 cm³/mol. The van der Waals surface area contributed by atoms with Crippen LogP contribution in [0.2, 0.25) is 0 Å². The van der Waals surface area contributed by atoms with Crippen LogP contribution in [0.25, 0.3) is 84.7 Å². The van der Waals surface area contributed by atoms with Crippen molar-refractivity contribution in [3.63, 3.8) is 0 Å². The number of fused-ring (bicyclic) bond motifs is 14. The molecule has 12 rings (SSSR count). The lowest BCUT2D eigenvalue weighted by atomic mass is 9.95. The minimum Gasteiger partial charge on any atom is -0.343 e. The molecule has 11 aromatic rings. The van der Waals surface area contributed by atoms with Gasteiger partial charge >= 0.3 is 0 Å². The molecule has 8 aromatic carbocycles. The van der Waals surface area contributed by atoms with E-state index in [9.17, 15) is 0 Å². The molecule has 0 amide bonds. The number of hydrogen-bond donors (Lipinski definition) is 1. The molecule has 53 heavy (non-hydrogen) atoms. The number of aliphatic imine (C=N–C) groups is 1. The van der Waals surface area contributed by atoms with Crippen molar-refractivity contribution in [2.75, 3.05) is 0 Å². The van der Waals surface area contributed by atoms with E-state index < -0.39 is 0 Å². The summed E-state index contributed by atoms with van der Waals surface area (Å²) in [6.45, 7) is 0. The molecule has 0 spiro atoms. The Bertz CT molecular complexity index is 3310. The molecule has 1 unspecified atom stereocenters. The standard InChI is InChI=1S/C48H29N3S2/c1-2-10-28(11-3-1)29-18-20-31(21-19-29)45-47-46(36-14-6-9-17-40(36)53-47)50-48(49-45)51-37-15-7-4-12-34(37)43-33-24-22-30-23-27-41-44(35-13-5-8-16-39(35)52-41)42(30)32(33)25-26-38(43)51/h1-27,45H,(H,49,50). The molecule has 248 valence electrons.